The second kappa shape index (κ2) is 9.76. The maximum atomic E-state index is 10.1. The third kappa shape index (κ3) is 4.95. The zero-order valence-electron chi connectivity index (χ0n) is 16.8. The molecule has 0 fully saturated rings. The maximum Gasteiger partial charge on any atom is 0.206 e. The monoisotopic (exact) mass is 493 g/mol. The Bertz CT molecular complexity index is 1270. The fraction of sp³-hybridized carbons (Fsp3) is 0.0833. The molecule has 0 saturated carbocycles. The van der Waals surface area contributed by atoms with Crippen molar-refractivity contribution >= 4 is 33.5 Å². The van der Waals surface area contributed by atoms with Crippen LogP contribution in [-0.2, 0) is 6.54 Å². The molecule has 0 saturated heterocycles. The Balaban J connectivity index is 1.76. The Morgan fingerprint density at radius 1 is 1.06 bits per heavy atom. The van der Waals surface area contributed by atoms with Gasteiger partial charge in [-0.15, -0.1) is 11.3 Å². The topological polar surface area (TPSA) is 59.1 Å². The number of hydrogen-bond donors (Lipinski definition) is 1. The van der Waals surface area contributed by atoms with Gasteiger partial charge in [0.15, 0.2) is 11.5 Å². The minimum absolute atomic E-state index is 0.0614. The highest BCUT2D eigenvalue weighted by molar-refractivity contribution is 9.10. The van der Waals surface area contributed by atoms with E-state index in [9.17, 15) is 5.11 Å². The molecule has 1 N–H and O–H groups in total. The van der Waals surface area contributed by atoms with Gasteiger partial charge in [-0.05, 0) is 39.2 Å². The first kappa shape index (κ1) is 21.1. The molecule has 0 aliphatic carbocycles. The van der Waals surface area contributed by atoms with Crippen LogP contribution in [0.4, 0.5) is 0 Å². The molecule has 0 radical (unpaired) electrons. The average molecular weight is 494 g/mol. The number of hydrogen-bond acceptors (Lipinski definition) is 5. The predicted molar refractivity (Wildman–Crippen MR) is 129 cm³/mol. The largest absolute Gasteiger partial charge is 0.503 e. The fourth-order valence-corrected chi connectivity index (χ4v) is 4.31. The molecule has 31 heavy (non-hydrogen) atoms. The summed E-state index contributed by atoms with van der Waals surface area (Å²) >= 11 is 4.91. The average Bonchev–Trinajstić information content (AvgIpc) is 3.22. The molecule has 0 amide bonds. The van der Waals surface area contributed by atoms with E-state index in [1.807, 2.05) is 41.1 Å². The summed E-state index contributed by atoms with van der Waals surface area (Å²) in [6, 6.07) is 23.8. The van der Waals surface area contributed by atoms with Gasteiger partial charge in [0.2, 0.25) is 4.80 Å². The van der Waals surface area contributed by atoms with Gasteiger partial charge in [-0.25, -0.2) is 4.68 Å². The van der Waals surface area contributed by atoms with Gasteiger partial charge >= 0.3 is 0 Å². The minimum atomic E-state index is 0.0614. The molecule has 0 aliphatic heterocycles. The lowest BCUT2D eigenvalue weighted by molar-refractivity contribution is 0.372. The van der Waals surface area contributed by atoms with Crippen molar-refractivity contribution in [2.75, 3.05) is 7.11 Å². The summed E-state index contributed by atoms with van der Waals surface area (Å²) in [5, 5.41) is 16.8. The van der Waals surface area contributed by atoms with Gasteiger partial charge in [0.05, 0.1) is 30.0 Å². The van der Waals surface area contributed by atoms with E-state index in [1.165, 1.54) is 7.11 Å². The van der Waals surface area contributed by atoms with Gasteiger partial charge < -0.3 is 9.84 Å². The number of nitrogens with zero attached hydrogens (tertiary/aromatic N) is 3. The smallest absolute Gasteiger partial charge is 0.206 e. The number of aromatic hydroxyl groups is 1. The molecule has 5 nitrogen and oxygen atoms in total. The van der Waals surface area contributed by atoms with Crippen LogP contribution < -0.4 is 9.54 Å². The van der Waals surface area contributed by atoms with Crippen molar-refractivity contribution in [2.45, 2.75) is 6.54 Å². The van der Waals surface area contributed by atoms with Crippen LogP contribution in [0.5, 0.6) is 11.5 Å². The van der Waals surface area contributed by atoms with Gasteiger partial charge in [0.1, 0.15) is 0 Å². The Morgan fingerprint density at radius 2 is 1.77 bits per heavy atom. The number of rotatable bonds is 6. The molecular weight excluding hydrogens is 474 g/mol. The van der Waals surface area contributed by atoms with Crippen LogP contribution >= 0.6 is 27.3 Å². The van der Waals surface area contributed by atoms with Gasteiger partial charge in [-0.1, -0.05) is 60.7 Å². The van der Waals surface area contributed by atoms with Crippen molar-refractivity contribution in [3.05, 3.63) is 98.6 Å². The van der Waals surface area contributed by atoms with Crippen molar-refractivity contribution in [2.24, 2.45) is 10.1 Å². The zero-order chi connectivity index (χ0) is 21.6. The number of halogens is 1. The first-order chi connectivity index (χ1) is 15.2. The Kier molecular flexibility index (Phi) is 6.64. The van der Waals surface area contributed by atoms with Crippen LogP contribution in [-0.4, -0.2) is 23.1 Å². The van der Waals surface area contributed by atoms with Gasteiger partial charge in [-0.2, -0.15) is 5.10 Å². The van der Waals surface area contributed by atoms with E-state index < -0.39 is 0 Å². The summed E-state index contributed by atoms with van der Waals surface area (Å²) in [7, 11) is 1.52. The van der Waals surface area contributed by atoms with Crippen LogP contribution in [0.15, 0.2) is 92.7 Å². The number of benzene rings is 3. The third-order valence-electron chi connectivity index (χ3n) is 4.59. The highest BCUT2D eigenvalue weighted by atomic mass is 79.9. The fourth-order valence-electron chi connectivity index (χ4n) is 3.02. The molecule has 0 spiro atoms. The highest BCUT2D eigenvalue weighted by Crippen LogP contribution is 2.34. The Labute approximate surface area is 192 Å². The summed E-state index contributed by atoms with van der Waals surface area (Å²) in [6.45, 7) is 0.573. The molecule has 1 aromatic heterocycles. The quantitative estimate of drug-likeness (QED) is 0.351. The van der Waals surface area contributed by atoms with Crippen LogP contribution in [0, 0.1) is 0 Å². The molecule has 156 valence electrons. The first-order valence-electron chi connectivity index (χ1n) is 9.57. The van der Waals surface area contributed by atoms with Gasteiger partial charge in [0.25, 0.3) is 0 Å². The lowest BCUT2D eigenvalue weighted by Gasteiger charge is -2.07. The SMILES string of the molecule is COc1cc(C=Nn2c(-c3ccccc3)csc2=NCc2ccccc2)cc(Br)c1O. The highest BCUT2D eigenvalue weighted by Gasteiger charge is 2.09. The van der Waals surface area contributed by atoms with E-state index >= 15 is 0 Å². The van der Waals surface area contributed by atoms with Gasteiger partial charge in [0, 0.05) is 10.9 Å². The molecule has 0 aliphatic rings. The predicted octanol–water partition coefficient (Wildman–Crippen LogP) is 5.68. The van der Waals surface area contributed by atoms with Crippen LogP contribution in [0.3, 0.4) is 0 Å². The summed E-state index contributed by atoms with van der Waals surface area (Å²) in [6.07, 6.45) is 1.73. The summed E-state index contributed by atoms with van der Waals surface area (Å²) < 4.78 is 7.63. The normalized spacial score (nSPS) is 11.9. The third-order valence-corrected chi connectivity index (χ3v) is 6.05. The van der Waals surface area contributed by atoms with E-state index in [0.717, 1.165) is 27.2 Å². The summed E-state index contributed by atoms with van der Waals surface area (Å²) in [5.74, 6) is 0.440. The van der Waals surface area contributed by atoms with Crippen LogP contribution in [0.25, 0.3) is 11.3 Å². The van der Waals surface area contributed by atoms with Crippen molar-refractivity contribution in [1.29, 1.82) is 0 Å². The standard InChI is InChI=1S/C24H20BrN3O2S/c1-30-22-13-18(12-20(25)23(22)29)15-27-28-21(19-10-6-3-7-11-19)16-31-24(28)26-14-17-8-4-2-5-9-17/h2-13,15-16,29H,14H2,1H3. The number of phenolic OH excluding ortho intramolecular Hbond substituents is 1. The van der Waals surface area contributed by atoms with Crippen molar-refractivity contribution in [3.63, 3.8) is 0 Å². The van der Waals surface area contributed by atoms with E-state index in [1.54, 1.807) is 29.7 Å². The maximum absolute atomic E-state index is 10.1. The number of phenols is 1. The van der Waals surface area contributed by atoms with Crippen molar-refractivity contribution in [1.82, 2.24) is 4.68 Å². The molecule has 0 atom stereocenters. The van der Waals surface area contributed by atoms with Crippen molar-refractivity contribution < 1.29 is 9.84 Å². The molecule has 4 aromatic rings. The van der Waals surface area contributed by atoms with Crippen LogP contribution in [0.2, 0.25) is 0 Å². The Hall–Kier alpha value is -3.16. The lowest BCUT2D eigenvalue weighted by atomic mass is 10.2. The number of methoxy groups -OCH3 is 1. The lowest BCUT2D eigenvalue weighted by Crippen LogP contribution is -2.12. The van der Waals surface area contributed by atoms with E-state index in [-0.39, 0.29) is 5.75 Å². The Morgan fingerprint density at radius 3 is 2.48 bits per heavy atom. The second-order valence-corrected chi connectivity index (χ2v) is 8.37. The minimum Gasteiger partial charge on any atom is -0.503 e. The molecule has 4 rings (SSSR count). The van der Waals surface area contributed by atoms with Gasteiger partial charge in [-0.3, -0.25) is 4.99 Å². The number of ether oxygens (including phenoxy) is 1. The zero-order valence-corrected chi connectivity index (χ0v) is 19.2. The van der Waals surface area contributed by atoms with E-state index in [0.29, 0.717) is 16.8 Å². The molecule has 0 unspecified atom stereocenters. The molecule has 0 bridgehead atoms. The summed E-state index contributed by atoms with van der Waals surface area (Å²) in [5.41, 5.74) is 3.94. The number of thiazole rings is 1. The first-order valence-corrected chi connectivity index (χ1v) is 11.2. The van der Waals surface area contributed by atoms with Crippen molar-refractivity contribution in [3.8, 4) is 22.8 Å². The second-order valence-electron chi connectivity index (χ2n) is 6.68. The van der Waals surface area contributed by atoms with E-state index in [4.69, 9.17) is 14.8 Å². The molecule has 7 heteroatoms. The molecule has 3 aromatic carbocycles. The molecular formula is C24H20BrN3O2S. The summed E-state index contributed by atoms with van der Waals surface area (Å²) in [4.78, 5) is 5.59. The molecule has 1 heterocycles. The number of aromatic nitrogens is 1. The van der Waals surface area contributed by atoms with Crippen LogP contribution in [0.1, 0.15) is 11.1 Å². The van der Waals surface area contributed by atoms with E-state index in [2.05, 4.69) is 45.6 Å².